The van der Waals surface area contributed by atoms with Gasteiger partial charge in [-0.1, -0.05) is 36.4 Å². The second-order valence-electron chi connectivity index (χ2n) is 12.9. The summed E-state index contributed by atoms with van der Waals surface area (Å²) in [5.74, 6) is -0.291. The number of rotatable bonds is 7. The van der Waals surface area contributed by atoms with Crippen LogP contribution in [-0.2, 0) is 24.9 Å². The van der Waals surface area contributed by atoms with E-state index >= 15 is 0 Å². The van der Waals surface area contributed by atoms with Gasteiger partial charge in [-0.05, 0) is 98.7 Å². The summed E-state index contributed by atoms with van der Waals surface area (Å²) in [6, 6.07) is 16.8. The topological polar surface area (TPSA) is 93.4 Å². The van der Waals surface area contributed by atoms with Crippen LogP contribution in [0, 0.1) is 26.2 Å². The quantitative estimate of drug-likeness (QED) is 0.221. The average Bonchev–Trinajstić information content (AvgIpc) is 3.27. The third-order valence-electron chi connectivity index (χ3n) is 9.51. The lowest BCUT2D eigenvalue weighted by Crippen LogP contribution is -2.33. The molecule has 0 saturated carbocycles. The molecule has 1 aliphatic heterocycles. The third kappa shape index (κ3) is 5.21. The Labute approximate surface area is 258 Å². The van der Waals surface area contributed by atoms with Crippen molar-refractivity contribution in [1.29, 1.82) is 0 Å². The van der Waals surface area contributed by atoms with E-state index in [0.717, 1.165) is 76.0 Å². The van der Waals surface area contributed by atoms with E-state index < -0.39 is 11.4 Å². The number of aromatic nitrogens is 4. The summed E-state index contributed by atoms with van der Waals surface area (Å²) in [5.41, 5.74) is 9.22. The van der Waals surface area contributed by atoms with Crippen molar-refractivity contribution in [3.8, 4) is 5.75 Å². The van der Waals surface area contributed by atoms with Crippen LogP contribution in [0.5, 0.6) is 5.75 Å². The zero-order chi connectivity index (χ0) is 31.3. The van der Waals surface area contributed by atoms with Crippen LogP contribution in [0.3, 0.4) is 0 Å². The summed E-state index contributed by atoms with van der Waals surface area (Å²) in [5, 5.41) is 20.2. The second kappa shape index (κ2) is 11.3. The van der Waals surface area contributed by atoms with E-state index in [2.05, 4.69) is 71.3 Å². The molecule has 3 heterocycles. The monoisotopic (exact) mass is 591 g/mol. The van der Waals surface area contributed by atoms with Gasteiger partial charge >= 0.3 is 5.97 Å². The Morgan fingerprint density at radius 3 is 2.64 bits per heavy atom. The average molecular weight is 592 g/mol. The molecule has 228 valence electrons. The number of ether oxygens (including phenoxy) is 1. The molecule has 8 heteroatoms. The van der Waals surface area contributed by atoms with Crippen molar-refractivity contribution in [2.24, 2.45) is 12.5 Å². The maximum Gasteiger partial charge on any atom is 0.310 e. The summed E-state index contributed by atoms with van der Waals surface area (Å²) in [4.78, 5) is 19.8. The fourth-order valence-electron chi connectivity index (χ4n) is 6.68. The van der Waals surface area contributed by atoms with Gasteiger partial charge in [0, 0.05) is 49.7 Å². The molecule has 0 aliphatic carbocycles. The fraction of sp³-hybridized carbons (Fsp3) is 0.389. The minimum absolute atomic E-state index is 0.0641. The summed E-state index contributed by atoms with van der Waals surface area (Å²) in [7, 11) is 1.87. The number of aryl methyl sites for hydroxylation is 4. The smallest absolute Gasteiger partial charge is 0.310 e. The number of hydrogen-bond donors (Lipinski definition) is 1. The summed E-state index contributed by atoms with van der Waals surface area (Å²) in [6.45, 7) is 14.3. The molecule has 0 amide bonds. The number of carboxylic acid groups (broad SMARTS) is 1. The molecular formula is C36H41N5O3. The van der Waals surface area contributed by atoms with E-state index in [4.69, 9.17) is 4.74 Å². The van der Waals surface area contributed by atoms with Crippen molar-refractivity contribution in [3.05, 3.63) is 93.7 Å². The lowest BCUT2D eigenvalue weighted by Gasteiger charge is -2.33. The largest absolute Gasteiger partial charge is 0.489 e. The van der Waals surface area contributed by atoms with Gasteiger partial charge in [0.2, 0.25) is 0 Å². The standard InChI is InChI=1S/C36H41N5O3/c1-8-27-20-41(19-26-16-30-29(17-32(26)44-27)22(3)13-14-37-30)18-25-15-24(10-9-21(25)2)33(36(5,6)35(42)43)28-11-12-31-34(23(28)4)38-39-40(31)7/h9-17,27,33H,8,18-20H2,1-7H3,(H,42,43)/t27-,33?/m1/s1. The Kier molecular flexibility index (Phi) is 7.66. The first kappa shape index (κ1) is 29.8. The van der Waals surface area contributed by atoms with Crippen molar-refractivity contribution in [2.45, 2.75) is 73.1 Å². The van der Waals surface area contributed by atoms with Crippen LogP contribution in [0.4, 0.5) is 0 Å². The predicted octanol–water partition coefficient (Wildman–Crippen LogP) is 6.86. The maximum absolute atomic E-state index is 12.7. The molecule has 0 saturated heterocycles. The molecule has 1 aliphatic rings. The van der Waals surface area contributed by atoms with Gasteiger partial charge in [-0.3, -0.25) is 14.7 Å². The number of nitrogens with zero attached hydrogens (tertiary/aromatic N) is 5. The first-order valence-corrected chi connectivity index (χ1v) is 15.4. The number of aliphatic carboxylic acids is 1. The van der Waals surface area contributed by atoms with E-state index in [-0.39, 0.29) is 12.0 Å². The summed E-state index contributed by atoms with van der Waals surface area (Å²) < 4.78 is 8.31. The zero-order valence-electron chi connectivity index (χ0n) is 26.7. The SMILES string of the molecule is CC[C@@H]1CN(Cc2cc(C(c3ccc4c(nnn4C)c3C)C(C)(C)C(=O)O)ccc2C)Cc2cc3nccc(C)c3cc2O1. The Balaban J connectivity index is 1.40. The molecule has 1 unspecified atom stereocenters. The number of benzene rings is 3. The van der Waals surface area contributed by atoms with Crippen LogP contribution in [0.25, 0.3) is 21.9 Å². The summed E-state index contributed by atoms with van der Waals surface area (Å²) in [6.07, 6.45) is 2.83. The Bertz CT molecular complexity index is 1890. The first-order chi connectivity index (χ1) is 21.0. The molecule has 8 nitrogen and oxygen atoms in total. The highest BCUT2D eigenvalue weighted by Crippen LogP contribution is 2.44. The van der Waals surface area contributed by atoms with Crippen molar-refractivity contribution in [3.63, 3.8) is 0 Å². The molecule has 44 heavy (non-hydrogen) atoms. The van der Waals surface area contributed by atoms with E-state index in [1.165, 1.54) is 16.7 Å². The van der Waals surface area contributed by atoms with Crippen LogP contribution < -0.4 is 4.74 Å². The zero-order valence-corrected chi connectivity index (χ0v) is 26.7. The van der Waals surface area contributed by atoms with Crippen molar-refractivity contribution in [2.75, 3.05) is 6.54 Å². The van der Waals surface area contributed by atoms with Crippen LogP contribution >= 0.6 is 0 Å². The van der Waals surface area contributed by atoms with Gasteiger partial charge in [0.15, 0.2) is 0 Å². The molecule has 2 atom stereocenters. The van der Waals surface area contributed by atoms with Crippen LogP contribution in [0.15, 0.2) is 54.7 Å². The molecule has 0 fully saturated rings. The Hall–Kier alpha value is -4.30. The molecule has 5 aromatic rings. The second-order valence-corrected chi connectivity index (χ2v) is 12.9. The van der Waals surface area contributed by atoms with Crippen molar-refractivity contribution >= 4 is 27.9 Å². The molecule has 0 spiro atoms. The molecule has 1 N–H and O–H groups in total. The number of hydrogen-bond acceptors (Lipinski definition) is 6. The van der Waals surface area contributed by atoms with Crippen LogP contribution in [-0.4, -0.2) is 48.6 Å². The molecule has 6 rings (SSSR count). The third-order valence-corrected chi connectivity index (χ3v) is 9.51. The Morgan fingerprint density at radius 2 is 1.89 bits per heavy atom. The van der Waals surface area contributed by atoms with Gasteiger partial charge in [0.25, 0.3) is 0 Å². The normalized spacial score (nSPS) is 16.5. The molecule has 0 bridgehead atoms. The van der Waals surface area contributed by atoms with E-state index in [1.807, 2.05) is 52.2 Å². The fourth-order valence-corrected chi connectivity index (χ4v) is 6.68. The highest BCUT2D eigenvalue weighted by atomic mass is 16.5. The van der Waals surface area contributed by atoms with E-state index in [1.54, 1.807) is 4.68 Å². The van der Waals surface area contributed by atoms with E-state index in [0.29, 0.717) is 0 Å². The highest BCUT2D eigenvalue weighted by Gasteiger charge is 2.40. The van der Waals surface area contributed by atoms with Crippen molar-refractivity contribution < 1.29 is 14.6 Å². The molecule has 0 radical (unpaired) electrons. The lowest BCUT2D eigenvalue weighted by atomic mass is 9.69. The van der Waals surface area contributed by atoms with Gasteiger partial charge in [0.1, 0.15) is 17.4 Å². The van der Waals surface area contributed by atoms with Gasteiger partial charge in [-0.2, -0.15) is 0 Å². The van der Waals surface area contributed by atoms with Crippen LogP contribution in [0.1, 0.15) is 72.1 Å². The minimum Gasteiger partial charge on any atom is -0.489 e. The van der Waals surface area contributed by atoms with Crippen LogP contribution in [0.2, 0.25) is 0 Å². The maximum atomic E-state index is 12.7. The predicted molar refractivity (Wildman–Crippen MR) is 173 cm³/mol. The molecule has 3 aromatic carbocycles. The Morgan fingerprint density at radius 1 is 1.09 bits per heavy atom. The molecule has 2 aromatic heterocycles. The molecular weight excluding hydrogens is 550 g/mol. The van der Waals surface area contributed by atoms with Gasteiger partial charge in [-0.25, -0.2) is 4.68 Å². The first-order valence-electron chi connectivity index (χ1n) is 15.4. The van der Waals surface area contributed by atoms with Gasteiger partial charge in [-0.15, -0.1) is 5.10 Å². The number of carboxylic acids is 1. The number of carbonyl (C=O) groups is 1. The number of pyridine rings is 1. The minimum atomic E-state index is -1.07. The van der Waals surface area contributed by atoms with Gasteiger partial charge in [0.05, 0.1) is 16.4 Å². The lowest BCUT2D eigenvalue weighted by molar-refractivity contribution is -0.147. The summed E-state index contributed by atoms with van der Waals surface area (Å²) >= 11 is 0. The van der Waals surface area contributed by atoms with Crippen molar-refractivity contribution in [1.82, 2.24) is 24.9 Å². The highest BCUT2D eigenvalue weighted by molar-refractivity contribution is 5.84. The number of fused-ring (bicyclic) bond motifs is 3. The van der Waals surface area contributed by atoms with E-state index in [9.17, 15) is 9.90 Å². The van der Waals surface area contributed by atoms with Gasteiger partial charge < -0.3 is 9.84 Å².